The number of unbranched alkanes of at least 4 members (excludes halogenated alkanes) is 1. The van der Waals surface area contributed by atoms with Gasteiger partial charge in [0.2, 0.25) is 0 Å². The zero-order valence-corrected chi connectivity index (χ0v) is 12.9. The number of ether oxygens (including phenoxy) is 1. The van der Waals surface area contributed by atoms with Crippen molar-refractivity contribution < 1.29 is 29.0 Å². The fourth-order valence-corrected chi connectivity index (χ4v) is 1.89. The van der Waals surface area contributed by atoms with Crippen LogP contribution in [0.4, 0.5) is 0 Å². The topological polar surface area (TPSA) is 86.7 Å². The minimum atomic E-state index is -1.22. The van der Waals surface area contributed by atoms with E-state index < -0.39 is 18.0 Å². The van der Waals surface area contributed by atoms with Crippen molar-refractivity contribution in [3.05, 3.63) is 0 Å². The summed E-state index contributed by atoms with van der Waals surface area (Å²) in [6.45, 7) is 2.13. The van der Waals surface area contributed by atoms with Crippen molar-refractivity contribution in [2.24, 2.45) is 0 Å². The van der Waals surface area contributed by atoms with Crippen LogP contribution < -0.4 is 5.11 Å². The van der Waals surface area contributed by atoms with E-state index >= 15 is 0 Å². The van der Waals surface area contributed by atoms with E-state index in [1.165, 1.54) is 0 Å². The molecule has 2 unspecified atom stereocenters. The molecule has 0 aliphatic rings. The number of carboxylic acid groups (broad SMARTS) is 1. The normalized spacial score (nSPS) is 14.7. The minimum Gasteiger partial charge on any atom is -0.550 e. The third-order valence-electron chi connectivity index (χ3n) is 2.70. The number of carbonyl (C=O) groups excluding carboxylic acids is 2. The number of carbonyl (C=O) groups is 2. The molecule has 118 valence electrons. The highest BCUT2D eigenvalue weighted by Crippen LogP contribution is 2.09. The highest BCUT2D eigenvalue weighted by molar-refractivity contribution is 5.70. The number of carboxylic acids is 1. The van der Waals surface area contributed by atoms with Crippen LogP contribution in [0.1, 0.15) is 39.0 Å². The first-order valence-electron chi connectivity index (χ1n) is 6.98. The zero-order chi connectivity index (χ0) is 15.8. The standard InChI is InChI=1S/C14H27NO5/c1-11(16)7-5-6-8-14(19)20-12(9-13(17)18)10-15(2,3)4/h11-12,16H,5-10H2,1-4H3. The third kappa shape index (κ3) is 11.9. The van der Waals surface area contributed by atoms with E-state index in [0.29, 0.717) is 23.9 Å². The fourth-order valence-electron chi connectivity index (χ4n) is 1.89. The predicted molar refractivity (Wildman–Crippen MR) is 72.6 cm³/mol. The van der Waals surface area contributed by atoms with E-state index in [-0.39, 0.29) is 18.9 Å². The van der Waals surface area contributed by atoms with E-state index in [0.717, 1.165) is 6.42 Å². The van der Waals surface area contributed by atoms with Gasteiger partial charge >= 0.3 is 5.97 Å². The molecule has 1 N–H and O–H groups in total. The van der Waals surface area contributed by atoms with E-state index in [2.05, 4.69) is 0 Å². The Balaban J connectivity index is 4.15. The molecule has 0 saturated carbocycles. The van der Waals surface area contributed by atoms with Crippen LogP contribution >= 0.6 is 0 Å². The summed E-state index contributed by atoms with van der Waals surface area (Å²) in [6.07, 6.45) is 0.954. The number of quaternary nitrogens is 1. The summed E-state index contributed by atoms with van der Waals surface area (Å²) in [5.41, 5.74) is 0. The van der Waals surface area contributed by atoms with Gasteiger partial charge in [0.15, 0.2) is 6.10 Å². The number of hydrogen-bond acceptors (Lipinski definition) is 5. The number of hydrogen-bond donors (Lipinski definition) is 1. The van der Waals surface area contributed by atoms with Gasteiger partial charge in [-0.05, 0) is 19.8 Å². The van der Waals surface area contributed by atoms with Gasteiger partial charge in [0.05, 0.1) is 27.2 Å². The highest BCUT2D eigenvalue weighted by Gasteiger charge is 2.22. The molecule has 0 fully saturated rings. The van der Waals surface area contributed by atoms with Crippen molar-refractivity contribution in [2.75, 3.05) is 27.7 Å². The largest absolute Gasteiger partial charge is 0.550 e. The molecule has 0 saturated heterocycles. The van der Waals surface area contributed by atoms with Crippen molar-refractivity contribution in [1.82, 2.24) is 0 Å². The van der Waals surface area contributed by atoms with Gasteiger partial charge < -0.3 is 24.2 Å². The van der Waals surface area contributed by atoms with Gasteiger partial charge in [-0.15, -0.1) is 0 Å². The van der Waals surface area contributed by atoms with Crippen LogP contribution in [0.3, 0.4) is 0 Å². The van der Waals surface area contributed by atoms with Gasteiger partial charge in [-0.3, -0.25) is 4.79 Å². The third-order valence-corrected chi connectivity index (χ3v) is 2.70. The molecule has 0 aliphatic carbocycles. The quantitative estimate of drug-likeness (QED) is 0.338. The fraction of sp³-hybridized carbons (Fsp3) is 0.857. The van der Waals surface area contributed by atoms with Crippen molar-refractivity contribution in [3.63, 3.8) is 0 Å². The van der Waals surface area contributed by atoms with Crippen LogP contribution in [0.2, 0.25) is 0 Å². The van der Waals surface area contributed by atoms with Crippen LogP contribution in [-0.4, -0.2) is 61.4 Å². The second-order valence-electron chi connectivity index (χ2n) is 6.26. The molecule has 0 aromatic carbocycles. The van der Waals surface area contributed by atoms with Crippen LogP contribution in [-0.2, 0) is 14.3 Å². The summed E-state index contributed by atoms with van der Waals surface area (Å²) < 4.78 is 5.71. The summed E-state index contributed by atoms with van der Waals surface area (Å²) in [4.78, 5) is 22.3. The molecule has 0 amide bonds. The lowest BCUT2D eigenvalue weighted by atomic mass is 10.1. The summed E-state index contributed by atoms with van der Waals surface area (Å²) in [6, 6.07) is 0. The molecular weight excluding hydrogens is 262 g/mol. The monoisotopic (exact) mass is 289 g/mol. The number of rotatable bonds is 10. The van der Waals surface area contributed by atoms with Crippen molar-refractivity contribution in [2.45, 2.75) is 51.2 Å². The van der Waals surface area contributed by atoms with Crippen LogP contribution in [0.5, 0.6) is 0 Å². The number of aliphatic hydroxyl groups excluding tert-OH is 1. The highest BCUT2D eigenvalue weighted by atomic mass is 16.5. The lowest BCUT2D eigenvalue weighted by Gasteiger charge is -2.29. The predicted octanol–water partition coefficient (Wildman–Crippen LogP) is -0.314. The first kappa shape index (κ1) is 18.9. The van der Waals surface area contributed by atoms with Gasteiger partial charge in [0.1, 0.15) is 6.54 Å². The van der Waals surface area contributed by atoms with Crippen LogP contribution in [0.25, 0.3) is 0 Å². The zero-order valence-electron chi connectivity index (χ0n) is 12.9. The molecule has 0 aliphatic heterocycles. The molecule has 0 aromatic heterocycles. The van der Waals surface area contributed by atoms with Gasteiger partial charge in [-0.2, -0.15) is 0 Å². The Morgan fingerprint density at radius 2 is 1.85 bits per heavy atom. The Bertz CT molecular complexity index is 309. The average molecular weight is 289 g/mol. The van der Waals surface area contributed by atoms with Gasteiger partial charge in [0.25, 0.3) is 0 Å². The number of likely N-dealkylation sites (N-methyl/N-ethyl adjacent to an activating group) is 1. The molecule has 0 radical (unpaired) electrons. The number of aliphatic hydroxyl groups is 1. The summed E-state index contributed by atoms with van der Waals surface area (Å²) >= 11 is 0. The molecule has 6 heteroatoms. The average Bonchev–Trinajstić information content (AvgIpc) is 2.20. The molecule has 0 rings (SSSR count). The smallest absolute Gasteiger partial charge is 0.306 e. The maximum Gasteiger partial charge on any atom is 0.306 e. The Morgan fingerprint density at radius 1 is 1.25 bits per heavy atom. The first-order chi connectivity index (χ1) is 9.10. The molecule has 0 aromatic rings. The maximum atomic E-state index is 11.7. The number of nitrogens with zero attached hydrogens (tertiary/aromatic N) is 1. The van der Waals surface area contributed by atoms with Gasteiger partial charge in [-0.25, -0.2) is 0 Å². The van der Waals surface area contributed by atoms with E-state index in [9.17, 15) is 14.7 Å². The Labute approximate surface area is 120 Å². The lowest BCUT2D eigenvalue weighted by Crippen LogP contribution is -2.45. The Morgan fingerprint density at radius 3 is 2.30 bits per heavy atom. The molecule has 6 nitrogen and oxygen atoms in total. The van der Waals surface area contributed by atoms with Crippen molar-refractivity contribution >= 4 is 11.9 Å². The Kier molecular flexibility index (Phi) is 8.41. The van der Waals surface area contributed by atoms with Gasteiger partial charge in [-0.1, -0.05) is 6.42 Å². The molecule has 0 heterocycles. The molecule has 20 heavy (non-hydrogen) atoms. The molecule has 0 bridgehead atoms. The lowest BCUT2D eigenvalue weighted by molar-refractivity contribution is -0.873. The molecule has 0 spiro atoms. The Hall–Kier alpha value is -1.14. The second kappa shape index (κ2) is 8.92. The summed E-state index contributed by atoms with van der Waals surface area (Å²) in [7, 11) is 5.70. The van der Waals surface area contributed by atoms with Crippen LogP contribution in [0, 0.1) is 0 Å². The number of aliphatic carboxylic acids is 1. The van der Waals surface area contributed by atoms with Crippen molar-refractivity contribution in [3.8, 4) is 0 Å². The first-order valence-corrected chi connectivity index (χ1v) is 6.98. The van der Waals surface area contributed by atoms with Crippen molar-refractivity contribution in [1.29, 1.82) is 0 Å². The second-order valence-corrected chi connectivity index (χ2v) is 6.26. The van der Waals surface area contributed by atoms with Gasteiger partial charge in [0, 0.05) is 18.8 Å². The van der Waals surface area contributed by atoms with E-state index in [4.69, 9.17) is 9.84 Å². The summed E-state index contributed by atoms with van der Waals surface area (Å²) in [5.74, 6) is -1.61. The SMILES string of the molecule is CC(O)CCCCC(=O)OC(CC(=O)[O-])C[N+](C)(C)C. The minimum absolute atomic E-state index is 0.243. The van der Waals surface area contributed by atoms with E-state index in [1.807, 2.05) is 21.1 Å². The molecule has 2 atom stereocenters. The van der Waals surface area contributed by atoms with Crippen LogP contribution in [0.15, 0.2) is 0 Å². The maximum absolute atomic E-state index is 11.7. The molecular formula is C14H27NO5. The van der Waals surface area contributed by atoms with E-state index in [1.54, 1.807) is 6.92 Å². The number of esters is 1. The summed E-state index contributed by atoms with van der Waals surface area (Å²) in [5, 5.41) is 19.8.